The van der Waals surface area contributed by atoms with E-state index in [-0.39, 0.29) is 18.1 Å². The summed E-state index contributed by atoms with van der Waals surface area (Å²) in [4.78, 5) is 12.0. The van der Waals surface area contributed by atoms with Gasteiger partial charge in [0.25, 0.3) is 0 Å². The van der Waals surface area contributed by atoms with Crippen LogP contribution >= 0.6 is 0 Å². The Morgan fingerprint density at radius 3 is 2.53 bits per heavy atom. The number of carbonyl (C=O) groups is 1. The number of methoxy groups -OCH3 is 1. The van der Waals surface area contributed by atoms with E-state index in [0.29, 0.717) is 5.92 Å². The lowest BCUT2D eigenvalue weighted by Gasteiger charge is -2.28. The van der Waals surface area contributed by atoms with Crippen molar-refractivity contribution in [3.8, 4) is 0 Å². The highest BCUT2D eigenvalue weighted by Gasteiger charge is 2.29. The van der Waals surface area contributed by atoms with Crippen LogP contribution in [0.25, 0.3) is 0 Å². The molecule has 2 unspecified atom stereocenters. The Labute approximate surface area is 116 Å². The molecule has 2 rings (SSSR count). The number of ether oxygens (including phenoxy) is 1. The van der Waals surface area contributed by atoms with Crippen molar-refractivity contribution < 1.29 is 9.53 Å². The number of hydrogen-bond acceptors (Lipinski definition) is 3. The van der Waals surface area contributed by atoms with Gasteiger partial charge in [0.2, 0.25) is 5.91 Å². The molecule has 0 aromatic heterocycles. The molecular weight excluding hydrogens is 240 g/mol. The summed E-state index contributed by atoms with van der Waals surface area (Å²) in [5.41, 5.74) is 0. The smallest absolute Gasteiger partial charge is 0.237 e. The van der Waals surface area contributed by atoms with Gasteiger partial charge in [0.05, 0.1) is 12.1 Å². The first-order valence-corrected chi connectivity index (χ1v) is 7.76. The van der Waals surface area contributed by atoms with E-state index in [9.17, 15) is 4.79 Å². The Hall–Kier alpha value is -0.610. The van der Waals surface area contributed by atoms with Crippen LogP contribution in [0.5, 0.6) is 0 Å². The molecule has 1 heterocycles. The topological polar surface area (TPSA) is 50.4 Å². The average molecular weight is 268 g/mol. The van der Waals surface area contributed by atoms with Gasteiger partial charge in [0.1, 0.15) is 0 Å². The summed E-state index contributed by atoms with van der Waals surface area (Å²) in [5, 5.41) is 6.34. The molecule has 19 heavy (non-hydrogen) atoms. The molecule has 110 valence electrons. The summed E-state index contributed by atoms with van der Waals surface area (Å²) in [7, 11) is 1.71. The van der Waals surface area contributed by atoms with Crippen LogP contribution in [0.1, 0.15) is 45.4 Å². The Balaban J connectivity index is 1.64. The van der Waals surface area contributed by atoms with E-state index < -0.39 is 0 Å². The second-order valence-electron chi connectivity index (χ2n) is 6.09. The van der Waals surface area contributed by atoms with Crippen LogP contribution in [-0.2, 0) is 9.53 Å². The molecule has 0 spiro atoms. The van der Waals surface area contributed by atoms with Gasteiger partial charge in [-0.05, 0) is 31.1 Å². The third kappa shape index (κ3) is 4.18. The zero-order valence-corrected chi connectivity index (χ0v) is 12.3. The Morgan fingerprint density at radius 2 is 1.95 bits per heavy atom. The first-order valence-electron chi connectivity index (χ1n) is 7.76. The lowest BCUT2D eigenvalue weighted by Crippen LogP contribution is -2.42. The minimum Gasteiger partial charge on any atom is -0.380 e. The van der Waals surface area contributed by atoms with Crippen molar-refractivity contribution in [3.63, 3.8) is 0 Å². The van der Waals surface area contributed by atoms with Crippen molar-refractivity contribution >= 4 is 5.91 Å². The van der Waals surface area contributed by atoms with Crippen LogP contribution in [0, 0.1) is 11.8 Å². The quantitative estimate of drug-likeness (QED) is 0.798. The van der Waals surface area contributed by atoms with E-state index >= 15 is 0 Å². The predicted molar refractivity (Wildman–Crippen MR) is 76.0 cm³/mol. The average Bonchev–Trinajstić information content (AvgIpc) is 2.94. The first-order chi connectivity index (χ1) is 9.22. The maximum atomic E-state index is 12.0. The van der Waals surface area contributed by atoms with E-state index in [1.165, 1.54) is 32.1 Å². The molecule has 2 fully saturated rings. The van der Waals surface area contributed by atoms with Crippen LogP contribution in [0.15, 0.2) is 0 Å². The molecule has 2 aliphatic rings. The van der Waals surface area contributed by atoms with Gasteiger partial charge in [-0.2, -0.15) is 0 Å². The maximum Gasteiger partial charge on any atom is 0.237 e. The number of amides is 1. The zero-order valence-electron chi connectivity index (χ0n) is 12.3. The number of rotatable bonds is 5. The largest absolute Gasteiger partial charge is 0.380 e. The van der Waals surface area contributed by atoms with Crippen LogP contribution in [0.4, 0.5) is 0 Å². The fourth-order valence-corrected chi connectivity index (χ4v) is 3.29. The van der Waals surface area contributed by atoms with E-state index in [2.05, 4.69) is 17.6 Å². The minimum absolute atomic E-state index is 0.0584. The lowest BCUT2D eigenvalue weighted by molar-refractivity contribution is -0.123. The fraction of sp³-hybridized carbons (Fsp3) is 0.933. The third-order valence-electron chi connectivity index (χ3n) is 4.85. The number of nitrogens with one attached hydrogen (secondary N) is 2. The molecule has 0 aromatic rings. The number of carbonyl (C=O) groups excluding carboxylic acids is 1. The third-order valence-corrected chi connectivity index (χ3v) is 4.85. The summed E-state index contributed by atoms with van der Waals surface area (Å²) in [6.45, 7) is 3.92. The predicted octanol–water partition coefficient (Wildman–Crippen LogP) is 1.70. The Bertz CT molecular complexity index is 288. The standard InChI is InChI=1S/C15H28N2O2/c1-3-11-4-6-12(7-5-11)9-17-15(18)14-8-13(19-2)10-16-14/h11-14,16H,3-10H2,1-2H3,(H,17,18). The normalized spacial score (nSPS) is 35.3. The molecule has 2 atom stereocenters. The van der Waals surface area contributed by atoms with Crippen molar-refractivity contribution in [2.45, 2.75) is 57.6 Å². The molecule has 1 aliphatic heterocycles. The van der Waals surface area contributed by atoms with E-state index in [0.717, 1.165) is 25.4 Å². The summed E-state index contributed by atoms with van der Waals surface area (Å²) in [5.74, 6) is 1.76. The van der Waals surface area contributed by atoms with Crippen LogP contribution in [-0.4, -0.2) is 38.3 Å². The van der Waals surface area contributed by atoms with Gasteiger partial charge in [-0.25, -0.2) is 0 Å². The van der Waals surface area contributed by atoms with Gasteiger partial charge in [-0.3, -0.25) is 4.79 Å². The van der Waals surface area contributed by atoms with Crippen molar-refractivity contribution in [1.82, 2.24) is 10.6 Å². The van der Waals surface area contributed by atoms with Crippen LogP contribution < -0.4 is 10.6 Å². The maximum absolute atomic E-state index is 12.0. The van der Waals surface area contributed by atoms with Crippen molar-refractivity contribution in [3.05, 3.63) is 0 Å². The molecule has 2 N–H and O–H groups in total. The second-order valence-corrected chi connectivity index (χ2v) is 6.09. The van der Waals surface area contributed by atoms with Gasteiger partial charge in [0.15, 0.2) is 0 Å². The van der Waals surface area contributed by atoms with Crippen molar-refractivity contribution in [1.29, 1.82) is 0 Å². The molecule has 0 radical (unpaired) electrons. The second kappa shape index (κ2) is 7.25. The van der Waals surface area contributed by atoms with Gasteiger partial charge >= 0.3 is 0 Å². The monoisotopic (exact) mass is 268 g/mol. The van der Waals surface area contributed by atoms with Gasteiger partial charge in [-0.1, -0.05) is 26.2 Å². The highest BCUT2D eigenvalue weighted by atomic mass is 16.5. The first kappa shape index (κ1) is 14.8. The highest BCUT2D eigenvalue weighted by molar-refractivity contribution is 5.82. The summed E-state index contributed by atoms with van der Waals surface area (Å²) >= 11 is 0. The molecule has 4 heteroatoms. The molecule has 1 amide bonds. The SMILES string of the molecule is CCC1CCC(CNC(=O)C2CC(OC)CN2)CC1. The van der Waals surface area contributed by atoms with Gasteiger partial charge in [0, 0.05) is 20.2 Å². The van der Waals surface area contributed by atoms with E-state index in [1.807, 2.05) is 0 Å². The molecule has 0 bridgehead atoms. The van der Waals surface area contributed by atoms with Gasteiger partial charge < -0.3 is 15.4 Å². The Morgan fingerprint density at radius 1 is 1.26 bits per heavy atom. The summed E-state index contributed by atoms with van der Waals surface area (Å²) < 4.78 is 5.27. The Kier molecular flexibility index (Phi) is 5.64. The van der Waals surface area contributed by atoms with Crippen LogP contribution in [0.3, 0.4) is 0 Å². The fourth-order valence-electron chi connectivity index (χ4n) is 3.29. The van der Waals surface area contributed by atoms with E-state index in [4.69, 9.17) is 4.74 Å². The molecular formula is C15H28N2O2. The zero-order chi connectivity index (χ0) is 13.7. The molecule has 1 saturated heterocycles. The van der Waals surface area contributed by atoms with Crippen molar-refractivity contribution in [2.24, 2.45) is 11.8 Å². The van der Waals surface area contributed by atoms with E-state index in [1.54, 1.807) is 7.11 Å². The van der Waals surface area contributed by atoms with Crippen LogP contribution in [0.2, 0.25) is 0 Å². The molecule has 4 nitrogen and oxygen atoms in total. The molecule has 1 aliphatic carbocycles. The lowest BCUT2D eigenvalue weighted by atomic mass is 9.81. The summed E-state index contributed by atoms with van der Waals surface area (Å²) in [6, 6.07) is -0.0584. The minimum atomic E-state index is -0.0584. The number of hydrogen-bond donors (Lipinski definition) is 2. The highest BCUT2D eigenvalue weighted by Crippen LogP contribution is 2.30. The van der Waals surface area contributed by atoms with Gasteiger partial charge in [-0.15, -0.1) is 0 Å². The summed E-state index contributed by atoms with van der Waals surface area (Å²) in [6.07, 6.45) is 7.52. The molecule has 1 saturated carbocycles. The van der Waals surface area contributed by atoms with Crippen molar-refractivity contribution in [2.75, 3.05) is 20.2 Å². The molecule has 0 aromatic carbocycles.